The van der Waals surface area contributed by atoms with Gasteiger partial charge in [0.05, 0.1) is 5.02 Å². The number of aromatic nitrogens is 1. The fraction of sp³-hybridized carbons (Fsp3) is 0.462. The van der Waals surface area contributed by atoms with Gasteiger partial charge >= 0.3 is 0 Å². The van der Waals surface area contributed by atoms with Crippen molar-refractivity contribution < 1.29 is 4.42 Å². The van der Waals surface area contributed by atoms with E-state index in [-0.39, 0.29) is 5.41 Å². The van der Waals surface area contributed by atoms with Gasteiger partial charge in [-0.05, 0) is 24.0 Å². The number of oxazole rings is 1. The highest BCUT2D eigenvalue weighted by atomic mass is 35.5. The molecule has 0 saturated carbocycles. The quantitative estimate of drug-likeness (QED) is 0.736. The molecular formula is C13H16ClNO. The summed E-state index contributed by atoms with van der Waals surface area (Å²) in [6.07, 6.45) is 0.817. The van der Waals surface area contributed by atoms with E-state index in [9.17, 15) is 0 Å². The minimum Gasteiger partial charge on any atom is -0.439 e. The molecule has 0 radical (unpaired) electrons. The second-order valence-electron chi connectivity index (χ2n) is 5.39. The average Bonchev–Trinajstić information content (AvgIpc) is 2.53. The zero-order chi connectivity index (χ0) is 11.9. The molecule has 3 heteroatoms. The molecule has 16 heavy (non-hydrogen) atoms. The van der Waals surface area contributed by atoms with Crippen molar-refractivity contribution in [1.82, 2.24) is 4.98 Å². The Kier molecular flexibility index (Phi) is 2.70. The molecule has 1 heterocycles. The van der Waals surface area contributed by atoms with Gasteiger partial charge in [0.15, 0.2) is 11.5 Å². The number of hydrogen-bond acceptors (Lipinski definition) is 2. The second kappa shape index (κ2) is 3.77. The Morgan fingerprint density at radius 1 is 1.31 bits per heavy atom. The van der Waals surface area contributed by atoms with Crippen molar-refractivity contribution in [2.24, 2.45) is 5.41 Å². The molecule has 0 N–H and O–H groups in total. The summed E-state index contributed by atoms with van der Waals surface area (Å²) in [5.41, 5.74) is 2.86. The lowest BCUT2D eigenvalue weighted by atomic mass is 9.92. The molecule has 0 unspecified atom stereocenters. The number of nitrogens with zero attached hydrogens (tertiary/aromatic N) is 1. The summed E-state index contributed by atoms with van der Waals surface area (Å²) in [4.78, 5) is 4.51. The molecule has 2 rings (SSSR count). The highest BCUT2D eigenvalue weighted by molar-refractivity contribution is 6.34. The normalized spacial score (nSPS) is 12.3. The van der Waals surface area contributed by atoms with E-state index in [1.165, 1.54) is 0 Å². The van der Waals surface area contributed by atoms with Gasteiger partial charge in [0.1, 0.15) is 5.52 Å². The van der Waals surface area contributed by atoms with Gasteiger partial charge in [0.25, 0.3) is 0 Å². The van der Waals surface area contributed by atoms with Crippen LogP contribution in [-0.4, -0.2) is 4.98 Å². The van der Waals surface area contributed by atoms with Crippen LogP contribution in [0, 0.1) is 12.3 Å². The Morgan fingerprint density at radius 3 is 2.56 bits per heavy atom. The highest BCUT2D eigenvalue weighted by Crippen LogP contribution is 2.29. The minimum absolute atomic E-state index is 0.168. The van der Waals surface area contributed by atoms with E-state index in [1.807, 2.05) is 19.1 Å². The third-order valence-corrected chi connectivity index (χ3v) is 2.72. The lowest BCUT2D eigenvalue weighted by Crippen LogP contribution is -2.09. The topological polar surface area (TPSA) is 26.0 Å². The van der Waals surface area contributed by atoms with Gasteiger partial charge in [-0.2, -0.15) is 0 Å². The Bertz CT molecular complexity index is 483. The maximum Gasteiger partial charge on any atom is 0.196 e. The Hall–Kier alpha value is -1.02. The van der Waals surface area contributed by atoms with Crippen LogP contribution in [0.4, 0.5) is 0 Å². The predicted molar refractivity (Wildman–Crippen MR) is 66.9 cm³/mol. The third kappa shape index (κ3) is 2.22. The standard InChI is InChI=1S/C13H16ClNO/c1-8-5-6-9(14)12-11(8)15-10(16-12)7-13(2,3)4/h5-6H,7H2,1-4H3. The summed E-state index contributed by atoms with van der Waals surface area (Å²) in [5, 5.41) is 0.633. The summed E-state index contributed by atoms with van der Waals surface area (Å²) in [6, 6.07) is 3.82. The number of aryl methyl sites for hydroxylation is 1. The maximum atomic E-state index is 6.08. The molecule has 86 valence electrons. The van der Waals surface area contributed by atoms with Crippen molar-refractivity contribution in [2.75, 3.05) is 0 Å². The van der Waals surface area contributed by atoms with Crippen LogP contribution >= 0.6 is 11.6 Å². The van der Waals surface area contributed by atoms with Crippen LogP contribution in [-0.2, 0) is 6.42 Å². The lowest BCUT2D eigenvalue weighted by Gasteiger charge is -2.14. The van der Waals surface area contributed by atoms with Crippen molar-refractivity contribution in [3.63, 3.8) is 0 Å². The van der Waals surface area contributed by atoms with Crippen LogP contribution in [0.3, 0.4) is 0 Å². The van der Waals surface area contributed by atoms with Crippen molar-refractivity contribution in [1.29, 1.82) is 0 Å². The Labute approximate surface area is 101 Å². The number of halogens is 1. The fourth-order valence-electron chi connectivity index (χ4n) is 1.68. The SMILES string of the molecule is Cc1ccc(Cl)c2oc(CC(C)(C)C)nc12. The molecule has 0 bridgehead atoms. The molecule has 0 spiro atoms. The monoisotopic (exact) mass is 237 g/mol. The Balaban J connectivity index is 2.52. The van der Waals surface area contributed by atoms with Crippen molar-refractivity contribution >= 4 is 22.7 Å². The van der Waals surface area contributed by atoms with Gasteiger partial charge in [-0.1, -0.05) is 38.4 Å². The van der Waals surface area contributed by atoms with Crippen molar-refractivity contribution in [3.8, 4) is 0 Å². The van der Waals surface area contributed by atoms with E-state index in [4.69, 9.17) is 16.0 Å². The molecule has 2 nitrogen and oxygen atoms in total. The zero-order valence-electron chi connectivity index (χ0n) is 10.1. The number of fused-ring (bicyclic) bond motifs is 1. The molecule has 2 aromatic rings. The van der Waals surface area contributed by atoms with E-state index in [1.54, 1.807) is 0 Å². The summed E-state index contributed by atoms with van der Waals surface area (Å²) in [7, 11) is 0. The highest BCUT2D eigenvalue weighted by Gasteiger charge is 2.17. The van der Waals surface area contributed by atoms with Crippen LogP contribution in [0.5, 0.6) is 0 Å². The lowest BCUT2D eigenvalue weighted by molar-refractivity contribution is 0.362. The summed E-state index contributed by atoms with van der Waals surface area (Å²) < 4.78 is 5.71. The molecule has 0 fully saturated rings. The van der Waals surface area contributed by atoms with Crippen LogP contribution in [0.15, 0.2) is 16.5 Å². The van der Waals surface area contributed by atoms with Crippen molar-refractivity contribution in [3.05, 3.63) is 28.6 Å². The number of rotatable bonds is 1. The third-order valence-electron chi connectivity index (χ3n) is 2.42. The van der Waals surface area contributed by atoms with Crippen molar-refractivity contribution in [2.45, 2.75) is 34.1 Å². The van der Waals surface area contributed by atoms with Crippen LogP contribution < -0.4 is 0 Å². The molecule has 0 atom stereocenters. The molecular weight excluding hydrogens is 222 g/mol. The summed E-state index contributed by atoms with van der Waals surface area (Å²) in [6.45, 7) is 8.51. The van der Waals surface area contributed by atoms with Gasteiger partial charge in [0.2, 0.25) is 0 Å². The minimum atomic E-state index is 0.168. The number of hydrogen-bond donors (Lipinski definition) is 0. The first-order chi connectivity index (χ1) is 7.37. The summed E-state index contributed by atoms with van der Waals surface area (Å²) in [5.74, 6) is 0.763. The first kappa shape index (κ1) is 11.5. The Morgan fingerprint density at radius 2 is 2.00 bits per heavy atom. The van der Waals surface area contributed by atoms with E-state index in [2.05, 4.69) is 25.8 Å². The number of benzene rings is 1. The van der Waals surface area contributed by atoms with E-state index in [0.29, 0.717) is 10.6 Å². The first-order valence-electron chi connectivity index (χ1n) is 5.41. The molecule has 1 aromatic carbocycles. The predicted octanol–water partition coefficient (Wildman–Crippen LogP) is 4.38. The smallest absolute Gasteiger partial charge is 0.196 e. The van der Waals surface area contributed by atoms with Gasteiger partial charge in [-0.15, -0.1) is 0 Å². The van der Waals surface area contributed by atoms with E-state index >= 15 is 0 Å². The van der Waals surface area contributed by atoms with E-state index < -0.39 is 0 Å². The molecule has 0 aliphatic carbocycles. The first-order valence-corrected chi connectivity index (χ1v) is 5.79. The fourth-order valence-corrected chi connectivity index (χ4v) is 1.87. The second-order valence-corrected chi connectivity index (χ2v) is 5.79. The molecule has 0 aliphatic rings. The van der Waals surface area contributed by atoms with Gasteiger partial charge in [-0.25, -0.2) is 4.98 Å². The maximum absolute atomic E-state index is 6.08. The molecule has 1 aromatic heterocycles. The van der Waals surface area contributed by atoms with Crippen LogP contribution in [0.2, 0.25) is 5.02 Å². The van der Waals surface area contributed by atoms with Gasteiger partial charge < -0.3 is 4.42 Å². The molecule has 0 aliphatic heterocycles. The van der Waals surface area contributed by atoms with E-state index in [0.717, 1.165) is 23.4 Å². The summed E-state index contributed by atoms with van der Waals surface area (Å²) >= 11 is 6.08. The largest absolute Gasteiger partial charge is 0.439 e. The zero-order valence-corrected chi connectivity index (χ0v) is 10.9. The van der Waals surface area contributed by atoms with Gasteiger partial charge in [0, 0.05) is 6.42 Å². The molecule has 0 amide bonds. The molecule has 0 saturated heterocycles. The van der Waals surface area contributed by atoms with Crippen LogP contribution in [0.25, 0.3) is 11.1 Å². The van der Waals surface area contributed by atoms with Crippen LogP contribution in [0.1, 0.15) is 32.2 Å². The van der Waals surface area contributed by atoms with Gasteiger partial charge in [-0.3, -0.25) is 0 Å². The average molecular weight is 238 g/mol.